The second-order valence-electron chi connectivity index (χ2n) is 11.2. The maximum atomic E-state index is 15.6. The van der Waals surface area contributed by atoms with Gasteiger partial charge in [-0.3, -0.25) is 19.0 Å². The first-order chi connectivity index (χ1) is 21.6. The van der Waals surface area contributed by atoms with Crippen LogP contribution in [0.5, 0.6) is 5.75 Å². The van der Waals surface area contributed by atoms with E-state index in [1.54, 1.807) is 12.1 Å². The van der Waals surface area contributed by atoms with Crippen molar-refractivity contribution in [3.05, 3.63) is 104 Å². The molecule has 1 unspecified atom stereocenters. The van der Waals surface area contributed by atoms with Crippen LogP contribution >= 0.6 is 0 Å². The van der Waals surface area contributed by atoms with Gasteiger partial charge in [-0.1, -0.05) is 30.3 Å². The minimum atomic E-state index is -0.699. The molecule has 1 saturated heterocycles. The quantitative estimate of drug-likeness (QED) is 0.225. The van der Waals surface area contributed by atoms with E-state index in [1.165, 1.54) is 20.2 Å². The molecule has 4 N–H and O–H groups in total. The van der Waals surface area contributed by atoms with E-state index < -0.39 is 23.0 Å². The van der Waals surface area contributed by atoms with Crippen LogP contribution in [0.25, 0.3) is 22.3 Å². The number of anilines is 1. The van der Waals surface area contributed by atoms with Crippen LogP contribution in [0.15, 0.2) is 64.3 Å². The molecule has 234 valence electrons. The highest BCUT2D eigenvalue weighted by Gasteiger charge is 2.22. The van der Waals surface area contributed by atoms with Crippen molar-refractivity contribution in [1.82, 2.24) is 20.2 Å². The monoisotopic (exact) mass is 613 g/mol. The number of carbonyl (C=O) groups excluding carboxylic acids is 2. The van der Waals surface area contributed by atoms with E-state index in [0.717, 1.165) is 51.4 Å². The minimum Gasteiger partial charge on any atom is -0.496 e. The molecule has 2 amide bonds. The number of methoxy groups -OCH3 is 1. The fraction of sp³-hybridized carbons (Fsp3) is 0.294. The molecule has 0 aliphatic carbocycles. The zero-order chi connectivity index (χ0) is 32.2. The third-order valence-corrected chi connectivity index (χ3v) is 8.41. The number of piperidine rings is 1. The lowest BCUT2D eigenvalue weighted by atomic mass is 9.90. The van der Waals surface area contributed by atoms with Crippen molar-refractivity contribution in [3.8, 4) is 28.0 Å². The van der Waals surface area contributed by atoms with Crippen LogP contribution in [-0.2, 0) is 18.4 Å². The summed E-state index contributed by atoms with van der Waals surface area (Å²) in [4.78, 5) is 51.6. The molecule has 5 rings (SSSR count). The fourth-order valence-corrected chi connectivity index (χ4v) is 5.74. The van der Waals surface area contributed by atoms with Gasteiger partial charge in [0.25, 0.3) is 11.5 Å². The van der Waals surface area contributed by atoms with Crippen molar-refractivity contribution in [2.75, 3.05) is 25.5 Å². The number of benzene rings is 3. The van der Waals surface area contributed by atoms with Crippen molar-refractivity contribution >= 4 is 17.5 Å². The molecule has 11 heteroatoms. The molecule has 1 aromatic heterocycles. The van der Waals surface area contributed by atoms with Gasteiger partial charge in [-0.05, 0) is 78.3 Å². The largest absolute Gasteiger partial charge is 0.496 e. The van der Waals surface area contributed by atoms with Crippen LogP contribution in [0.4, 0.5) is 10.1 Å². The molecule has 0 saturated carbocycles. The molecule has 2 heterocycles. The number of halogens is 1. The Balaban J connectivity index is 1.41. The van der Waals surface area contributed by atoms with Gasteiger partial charge in [0.2, 0.25) is 5.91 Å². The smallest absolute Gasteiger partial charge is 0.328 e. The molecule has 0 bridgehead atoms. The summed E-state index contributed by atoms with van der Waals surface area (Å²) in [6.07, 6.45) is 2.84. The molecule has 4 aromatic rings. The van der Waals surface area contributed by atoms with E-state index >= 15 is 4.39 Å². The highest BCUT2D eigenvalue weighted by atomic mass is 19.1. The summed E-state index contributed by atoms with van der Waals surface area (Å²) >= 11 is 0. The number of rotatable bonds is 9. The average Bonchev–Trinajstić information content (AvgIpc) is 3.02. The molecule has 3 aromatic carbocycles. The summed E-state index contributed by atoms with van der Waals surface area (Å²) in [5.41, 5.74) is 4.26. The van der Waals surface area contributed by atoms with E-state index in [4.69, 9.17) is 4.74 Å². The van der Waals surface area contributed by atoms with Crippen LogP contribution in [0.2, 0.25) is 0 Å². The first-order valence-corrected chi connectivity index (χ1v) is 14.8. The number of nitrogens with zero attached hydrogens (tertiary/aromatic N) is 1. The number of amides is 2. The second-order valence-corrected chi connectivity index (χ2v) is 11.2. The molecule has 1 aliphatic rings. The Hall–Kier alpha value is -5.03. The number of H-pyrrole nitrogens is 1. The van der Waals surface area contributed by atoms with Gasteiger partial charge in [0.05, 0.1) is 13.0 Å². The first-order valence-electron chi connectivity index (χ1n) is 14.8. The Kier molecular flexibility index (Phi) is 9.29. The predicted octanol–water partition coefficient (Wildman–Crippen LogP) is 4.04. The molecule has 45 heavy (non-hydrogen) atoms. The van der Waals surface area contributed by atoms with E-state index in [-0.39, 0.29) is 23.9 Å². The second kappa shape index (κ2) is 13.3. The predicted molar refractivity (Wildman–Crippen MR) is 171 cm³/mol. The van der Waals surface area contributed by atoms with Crippen molar-refractivity contribution in [2.45, 2.75) is 33.2 Å². The van der Waals surface area contributed by atoms with Crippen LogP contribution in [0, 0.1) is 25.6 Å². The lowest BCUT2D eigenvalue weighted by Crippen LogP contribution is -2.41. The van der Waals surface area contributed by atoms with Gasteiger partial charge in [0.1, 0.15) is 17.1 Å². The lowest BCUT2D eigenvalue weighted by molar-refractivity contribution is -0.126. The molecule has 0 radical (unpaired) electrons. The fourth-order valence-electron chi connectivity index (χ4n) is 5.74. The summed E-state index contributed by atoms with van der Waals surface area (Å²) in [6.45, 7) is 5.19. The average molecular weight is 614 g/mol. The molecule has 10 nitrogen and oxygen atoms in total. The molecular weight excluding hydrogens is 577 g/mol. The molecule has 1 atom stereocenters. The summed E-state index contributed by atoms with van der Waals surface area (Å²) in [5, 5.41) is 8.88. The third kappa shape index (κ3) is 6.44. The third-order valence-electron chi connectivity index (χ3n) is 8.41. The molecule has 1 aliphatic heterocycles. The summed E-state index contributed by atoms with van der Waals surface area (Å²) in [7, 11) is 2.80. The van der Waals surface area contributed by atoms with Crippen LogP contribution < -0.4 is 31.9 Å². The van der Waals surface area contributed by atoms with E-state index in [9.17, 15) is 19.2 Å². The van der Waals surface area contributed by atoms with Gasteiger partial charge < -0.3 is 25.7 Å². The van der Waals surface area contributed by atoms with Gasteiger partial charge in [-0.2, -0.15) is 0 Å². The normalized spacial score (nSPS) is 14.6. The van der Waals surface area contributed by atoms with Crippen LogP contribution in [0.3, 0.4) is 0 Å². The first kappa shape index (κ1) is 31.4. The summed E-state index contributed by atoms with van der Waals surface area (Å²) < 4.78 is 22.0. The Morgan fingerprint density at radius 2 is 1.76 bits per heavy atom. The Bertz CT molecular complexity index is 1900. The van der Waals surface area contributed by atoms with E-state index in [2.05, 4.69) is 20.9 Å². The summed E-state index contributed by atoms with van der Waals surface area (Å²) in [5.74, 6) is -0.760. The molecule has 0 spiro atoms. The van der Waals surface area contributed by atoms with Crippen molar-refractivity contribution in [1.29, 1.82) is 0 Å². The van der Waals surface area contributed by atoms with E-state index in [0.29, 0.717) is 35.7 Å². The highest BCUT2D eigenvalue weighted by molar-refractivity contribution is 6.04. The van der Waals surface area contributed by atoms with E-state index in [1.807, 2.05) is 44.2 Å². The number of hydrogen-bond acceptors (Lipinski definition) is 6. The van der Waals surface area contributed by atoms with Crippen molar-refractivity contribution in [3.63, 3.8) is 0 Å². The molecular formula is C34H36FN5O5. The Morgan fingerprint density at radius 1 is 1.04 bits per heavy atom. The minimum absolute atomic E-state index is 0.0228. The summed E-state index contributed by atoms with van der Waals surface area (Å²) in [6, 6.07) is 14.5. The number of ether oxygens (including phenoxy) is 1. The Morgan fingerprint density at radius 3 is 2.49 bits per heavy atom. The zero-order valence-corrected chi connectivity index (χ0v) is 25.7. The number of carbonyl (C=O) groups is 2. The van der Waals surface area contributed by atoms with Gasteiger partial charge in [0, 0.05) is 44.1 Å². The topological polar surface area (TPSA) is 134 Å². The van der Waals surface area contributed by atoms with Crippen LogP contribution in [0.1, 0.15) is 39.9 Å². The van der Waals surface area contributed by atoms with Gasteiger partial charge >= 0.3 is 5.69 Å². The van der Waals surface area contributed by atoms with Crippen molar-refractivity contribution in [2.24, 2.45) is 13.0 Å². The van der Waals surface area contributed by atoms with Crippen molar-refractivity contribution < 1.29 is 18.7 Å². The highest BCUT2D eigenvalue weighted by Crippen LogP contribution is 2.37. The van der Waals surface area contributed by atoms with Crippen LogP contribution in [-0.4, -0.2) is 41.6 Å². The van der Waals surface area contributed by atoms with Gasteiger partial charge in [-0.15, -0.1) is 0 Å². The number of nitrogens with one attached hydrogen (secondary N) is 4. The zero-order valence-electron chi connectivity index (χ0n) is 25.7. The SMILES string of the molecule is COc1cc(-c2cccc(-c3cccc(NC(=O)c4c[nH]c(=O)n(C)c4=O)c3C)c2C)cc(F)c1CNCC1CCCNC1=O. The lowest BCUT2D eigenvalue weighted by Gasteiger charge is -2.22. The Labute approximate surface area is 259 Å². The standard InChI is InChI=1S/C34H36FN5O5/c1-19-23(22-14-28(35)26(30(15-22)45-4)17-36-16-21-8-7-13-37-31(21)41)9-5-10-24(19)25-11-6-12-29(20(25)2)39-32(42)27-18-38-34(44)40(3)33(27)43/h5-6,9-12,14-15,18,21,36H,7-8,13,16-17H2,1-4H3,(H,37,41)(H,38,44)(H,39,42). The van der Waals surface area contributed by atoms with Gasteiger partial charge in [0.15, 0.2) is 0 Å². The van der Waals surface area contributed by atoms with Gasteiger partial charge in [-0.25, -0.2) is 9.18 Å². The molecule has 1 fully saturated rings. The number of aromatic nitrogens is 2. The number of hydrogen-bond donors (Lipinski definition) is 4. The maximum Gasteiger partial charge on any atom is 0.328 e. The number of aromatic amines is 1. The maximum absolute atomic E-state index is 15.6.